The summed E-state index contributed by atoms with van der Waals surface area (Å²) in [6, 6.07) is 6.58. The lowest BCUT2D eigenvalue weighted by Crippen LogP contribution is -2.34. The Morgan fingerprint density at radius 2 is 1.88 bits per heavy atom. The van der Waals surface area contributed by atoms with E-state index in [1.54, 1.807) is 18.2 Å². The summed E-state index contributed by atoms with van der Waals surface area (Å²) in [5.41, 5.74) is 0.499. The molecule has 136 valence electrons. The fraction of sp³-hybridized carbons (Fsp3) is 0.438. The van der Waals surface area contributed by atoms with Crippen LogP contribution in [0.25, 0.3) is 0 Å². The zero-order valence-electron chi connectivity index (χ0n) is 14.2. The number of amides is 2. The average Bonchev–Trinajstić information content (AvgIpc) is 2.50. The van der Waals surface area contributed by atoms with Crippen molar-refractivity contribution < 1.29 is 18.0 Å². The number of anilines is 1. The molecule has 8 nitrogen and oxygen atoms in total. The van der Waals surface area contributed by atoms with Gasteiger partial charge in [0.2, 0.25) is 11.8 Å². The van der Waals surface area contributed by atoms with Crippen LogP contribution < -0.4 is 16.0 Å². The predicted octanol–water partition coefficient (Wildman–Crippen LogP) is 0.868. The quantitative estimate of drug-likeness (QED) is 0.619. The number of hydrogen-bond donors (Lipinski definition) is 3. The first kappa shape index (κ1) is 18.9. The number of nitrogens with one attached hydrogen (secondary N) is 3. The zero-order chi connectivity index (χ0) is 18.4. The minimum atomic E-state index is -3.71. The molecule has 25 heavy (non-hydrogen) atoms. The summed E-state index contributed by atoms with van der Waals surface area (Å²) in [5, 5.41) is 8.31. The van der Waals surface area contributed by atoms with Crippen molar-refractivity contribution in [2.45, 2.75) is 31.6 Å². The molecule has 1 heterocycles. The molecule has 0 spiro atoms. The molecule has 1 aliphatic heterocycles. The van der Waals surface area contributed by atoms with E-state index in [0.29, 0.717) is 31.0 Å². The highest BCUT2D eigenvalue weighted by Crippen LogP contribution is 2.28. The summed E-state index contributed by atoms with van der Waals surface area (Å²) in [7, 11) is -3.71. The van der Waals surface area contributed by atoms with Gasteiger partial charge in [-0.1, -0.05) is 19.1 Å². The first-order valence-electron chi connectivity index (χ1n) is 7.99. The van der Waals surface area contributed by atoms with Crippen LogP contribution in [0.1, 0.15) is 26.7 Å². The summed E-state index contributed by atoms with van der Waals surface area (Å²) in [4.78, 5) is 22.8. The molecule has 0 saturated heterocycles. The molecule has 3 N–H and O–H groups in total. The van der Waals surface area contributed by atoms with Gasteiger partial charge in [-0.3, -0.25) is 9.59 Å². The first-order valence-corrected chi connectivity index (χ1v) is 9.43. The maximum Gasteiger partial charge on any atom is 0.286 e. The van der Waals surface area contributed by atoms with E-state index in [4.69, 9.17) is 0 Å². The lowest BCUT2D eigenvalue weighted by atomic mass is 10.0. The first-order chi connectivity index (χ1) is 11.8. The molecule has 1 aromatic carbocycles. The van der Waals surface area contributed by atoms with Gasteiger partial charge in [0.25, 0.3) is 10.0 Å². The Morgan fingerprint density at radius 1 is 1.20 bits per heavy atom. The van der Waals surface area contributed by atoms with Crippen molar-refractivity contribution in [2.24, 2.45) is 10.3 Å². The van der Waals surface area contributed by atoms with Crippen LogP contribution in [0.2, 0.25) is 0 Å². The van der Waals surface area contributed by atoms with Crippen molar-refractivity contribution in [3.05, 3.63) is 24.3 Å². The van der Waals surface area contributed by atoms with Crippen molar-refractivity contribution >= 4 is 33.4 Å². The fourth-order valence-electron chi connectivity index (χ4n) is 2.49. The monoisotopic (exact) mass is 366 g/mol. The van der Waals surface area contributed by atoms with Crippen LogP contribution in [0.3, 0.4) is 0 Å². The third-order valence-electron chi connectivity index (χ3n) is 3.57. The third-order valence-corrected chi connectivity index (χ3v) is 4.94. The van der Waals surface area contributed by atoms with E-state index in [1.165, 1.54) is 13.0 Å². The van der Waals surface area contributed by atoms with Gasteiger partial charge in [-0.15, -0.1) is 4.40 Å². The van der Waals surface area contributed by atoms with Crippen molar-refractivity contribution in [2.75, 3.05) is 18.4 Å². The van der Waals surface area contributed by atoms with Gasteiger partial charge in [0.05, 0.1) is 5.69 Å². The van der Waals surface area contributed by atoms with Gasteiger partial charge in [-0.05, 0) is 18.1 Å². The molecule has 1 atom stereocenters. The molecule has 0 aromatic heterocycles. The van der Waals surface area contributed by atoms with Gasteiger partial charge >= 0.3 is 0 Å². The van der Waals surface area contributed by atoms with Crippen LogP contribution in [-0.2, 0) is 19.6 Å². The van der Waals surface area contributed by atoms with Gasteiger partial charge in [0.15, 0.2) is 0 Å². The lowest BCUT2D eigenvalue weighted by molar-refractivity contribution is -0.122. The normalized spacial score (nSPS) is 16.0. The molecule has 0 fully saturated rings. The number of fused-ring (bicyclic) bond motifs is 1. The molecular formula is C16H22N4O4S. The van der Waals surface area contributed by atoms with Gasteiger partial charge in [0, 0.05) is 32.9 Å². The summed E-state index contributed by atoms with van der Waals surface area (Å²) in [6.07, 6.45) is 0.579. The van der Waals surface area contributed by atoms with Crippen LogP contribution in [0, 0.1) is 5.92 Å². The Morgan fingerprint density at radius 3 is 2.60 bits per heavy atom. The predicted molar refractivity (Wildman–Crippen MR) is 94.8 cm³/mol. The molecule has 0 bridgehead atoms. The summed E-state index contributed by atoms with van der Waals surface area (Å²) >= 11 is 0. The Labute approximate surface area is 147 Å². The summed E-state index contributed by atoms with van der Waals surface area (Å²) in [5.74, 6) is -0.0623. The Balaban J connectivity index is 1.87. The molecule has 0 unspecified atom stereocenters. The van der Waals surface area contributed by atoms with Gasteiger partial charge in [0.1, 0.15) is 10.7 Å². The van der Waals surface area contributed by atoms with E-state index in [2.05, 4.69) is 20.3 Å². The van der Waals surface area contributed by atoms with Crippen molar-refractivity contribution in [3.63, 3.8) is 0 Å². The molecule has 0 saturated carbocycles. The highest BCUT2D eigenvalue weighted by molar-refractivity contribution is 7.90. The SMILES string of the molecule is CC(=O)NCCNC(=O)C[C@@H](C)CC1=NS(=O)(=O)c2ccccc2N1. The van der Waals surface area contributed by atoms with E-state index in [-0.39, 0.29) is 29.0 Å². The smallest absolute Gasteiger partial charge is 0.286 e. The van der Waals surface area contributed by atoms with Crippen LogP contribution in [-0.4, -0.2) is 39.2 Å². The number of carbonyl (C=O) groups excluding carboxylic acids is 2. The topological polar surface area (TPSA) is 117 Å². The number of hydrogen-bond acceptors (Lipinski definition) is 5. The van der Waals surface area contributed by atoms with Crippen LogP contribution in [0.15, 0.2) is 33.6 Å². The van der Waals surface area contributed by atoms with E-state index in [1.807, 2.05) is 6.92 Å². The lowest BCUT2D eigenvalue weighted by Gasteiger charge is -2.20. The van der Waals surface area contributed by atoms with Crippen LogP contribution in [0.4, 0.5) is 5.69 Å². The average molecular weight is 366 g/mol. The number of sulfonamides is 1. The molecule has 9 heteroatoms. The Kier molecular flexibility index (Phi) is 6.13. The fourth-order valence-corrected chi connectivity index (χ4v) is 3.64. The number of rotatable bonds is 7. The second kappa shape index (κ2) is 8.11. The maximum absolute atomic E-state index is 12.2. The van der Waals surface area contributed by atoms with Crippen LogP contribution in [0.5, 0.6) is 0 Å². The summed E-state index contributed by atoms with van der Waals surface area (Å²) < 4.78 is 28.1. The largest absolute Gasteiger partial charge is 0.355 e. The zero-order valence-corrected chi connectivity index (χ0v) is 15.0. The second-order valence-corrected chi connectivity index (χ2v) is 7.55. The van der Waals surface area contributed by atoms with E-state index < -0.39 is 10.0 Å². The van der Waals surface area contributed by atoms with E-state index in [9.17, 15) is 18.0 Å². The Bertz CT molecular complexity index is 789. The molecule has 1 aromatic rings. The molecule has 2 amide bonds. The van der Waals surface area contributed by atoms with Gasteiger partial charge in [-0.25, -0.2) is 0 Å². The van der Waals surface area contributed by atoms with Crippen molar-refractivity contribution in [3.8, 4) is 0 Å². The highest BCUT2D eigenvalue weighted by atomic mass is 32.2. The number of carbonyl (C=O) groups is 2. The molecule has 1 aliphatic rings. The summed E-state index contributed by atoms with van der Waals surface area (Å²) in [6.45, 7) is 3.99. The third kappa shape index (κ3) is 5.56. The number of para-hydroxylation sites is 1. The minimum Gasteiger partial charge on any atom is -0.355 e. The molecule has 0 aliphatic carbocycles. The maximum atomic E-state index is 12.2. The standard InChI is InChI=1S/C16H22N4O4S/c1-11(10-16(22)18-8-7-17-12(2)21)9-15-19-13-5-3-4-6-14(13)25(23,24)20-15/h3-6,11H,7-10H2,1-2H3,(H,17,21)(H,18,22)(H,19,20)/t11-/m0/s1. The van der Waals surface area contributed by atoms with E-state index >= 15 is 0 Å². The molecular weight excluding hydrogens is 344 g/mol. The number of nitrogens with zero attached hydrogens (tertiary/aromatic N) is 1. The minimum absolute atomic E-state index is 0.0903. The highest BCUT2D eigenvalue weighted by Gasteiger charge is 2.25. The van der Waals surface area contributed by atoms with Crippen molar-refractivity contribution in [1.82, 2.24) is 10.6 Å². The van der Waals surface area contributed by atoms with Crippen molar-refractivity contribution in [1.29, 1.82) is 0 Å². The van der Waals surface area contributed by atoms with E-state index in [0.717, 1.165) is 0 Å². The number of benzene rings is 1. The Hall–Kier alpha value is -2.42. The molecule has 2 rings (SSSR count). The number of amidine groups is 1. The molecule has 0 radical (unpaired) electrons. The van der Waals surface area contributed by atoms with Gasteiger partial charge < -0.3 is 16.0 Å². The van der Waals surface area contributed by atoms with Crippen LogP contribution >= 0.6 is 0 Å². The van der Waals surface area contributed by atoms with Gasteiger partial charge in [-0.2, -0.15) is 8.42 Å². The second-order valence-electron chi connectivity index (χ2n) is 5.98.